The lowest BCUT2D eigenvalue weighted by Gasteiger charge is -2.22. The fourth-order valence-electron chi connectivity index (χ4n) is 1.99. The van der Waals surface area contributed by atoms with Gasteiger partial charge in [0.1, 0.15) is 10.8 Å². The third kappa shape index (κ3) is 3.05. The van der Waals surface area contributed by atoms with Gasteiger partial charge in [0.15, 0.2) is 0 Å². The monoisotopic (exact) mass is 277 g/mol. The summed E-state index contributed by atoms with van der Waals surface area (Å²) in [6.45, 7) is 4.57. The van der Waals surface area contributed by atoms with Gasteiger partial charge in [0.25, 0.3) is 0 Å². The van der Waals surface area contributed by atoms with Crippen molar-refractivity contribution in [3.63, 3.8) is 0 Å². The highest BCUT2D eigenvalue weighted by molar-refractivity contribution is 7.11. The molecule has 4 nitrogen and oxygen atoms in total. The van der Waals surface area contributed by atoms with Crippen LogP contribution >= 0.6 is 11.5 Å². The van der Waals surface area contributed by atoms with Crippen LogP contribution in [0.2, 0.25) is 0 Å². The van der Waals surface area contributed by atoms with Gasteiger partial charge in [0, 0.05) is 20.2 Å². The van der Waals surface area contributed by atoms with Crippen molar-refractivity contribution < 1.29 is 4.74 Å². The van der Waals surface area contributed by atoms with Crippen LogP contribution in [-0.4, -0.2) is 31.2 Å². The first-order valence-electron chi connectivity index (χ1n) is 6.32. The Labute approximate surface area is 118 Å². The molecule has 102 valence electrons. The van der Waals surface area contributed by atoms with Gasteiger partial charge >= 0.3 is 0 Å². The van der Waals surface area contributed by atoms with Gasteiger partial charge in [-0.1, -0.05) is 30.3 Å². The lowest BCUT2D eigenvalue weighted by molar-refractivity contribution is 0.205. The molecule has 1 heterocycles. The number of rotatable bonds is 6. The second-order valence-electron chi connectivity index (χ2n) is 4.19. The minimum atomic E-state index is 0.599. The molecule has 2 aromatic rings. The molecule has 0 spiro atoms. The predicted octanol–water partition coefficient (Wildman–Crippen LogP) is 2.87. The van der Waals surface area contributed by atoms with Crippen LogP contribution in [0.5, 0.6) is 0 Å². The quantitative estimate of drug-likeness (QED) is 0.882. The number of anilines is 2. The fourth-order valence-corrected chi connectivity index (χ4v) is 2.92. The Balaban J connectivity index is 2.36. The second-order valence-corrected chi connectivity index (χ2v) is 4.94. The van der Waals surface area contributed by atoms with Gasteiger partial charge in [-0.05, 0) is 24.0 Å². The number of methoxy groups -OCH3 is 1. The average Bonchev–Trinajstić information content (AvgIpc) is 2.83. The van der Waals surface area contributed by atoms with E-state index in [0.717, 1.165) is 29.2 Å². The molecule has 0 aliphatic carbocycles. The molecular formula is C14H19N3OS. The summed E-state index contributed by atoms with van der Waals surface area (Å²) in [5.74, 6) is 0.599. The molecule has 0 aliphatic heterocycles. The molecule has 0 atom stereocenters. The summed E-state index contributed by atoms with van der Waals surface area (Å²) < 4.78 is 9.47. The molecule has 2 N–H and O–H groups in total. The highest BCUT2D eigenvalue weighted by Crippen LogP contribution is 2.38. The Kier molecular flexibility index (Phi) is 4.76. The topological polar surface area (TPSA) is 51.4 Å². The van der Waals surface area contributed by atoms with E-state index in [0.29, 0.717) is 12.4 Å². The van der Waals surface area contributed by atoms with Gasteiger partial charge in [0.2, 0.25) is 0 Å². The molecule has 1 aromatic carbocycles. The van der Waals surface area contributed by atoms with Crippen LogP contribution in [0, 0.1) is 0 Å². The molecule has 19 heavy (non-hydrogen) atoms. The number of aromatic nitrogens is 1. The van der Waals surface area contributed by atoms with Crippen molar-refractivity contribution in [2.75, 3.05) is 37.4 Å². The molecule has 0 fully saturated rings. The number of nitrogens with two attached hydrogens (primary N) is 1. The van der Waals surface area contributed by atoms with Crippen LogP contribution in [0.25, 0.3) is 11.1 Å². The maximum atomic E-state index is 6.04. The smallest absolute Gasteiger partial charge is 0.147 e. The first kappa shape index (κ1) is 13.8. The van der Waals surface area contributed by atoms with E-state index in [1.165, 1.54) is 11.5 Å². The number of hydrogen-bond acceptors (Lipinski definition) is 5. The molecule has 0 bridgehead atoms. The molecular weight excluding hydrogens is 258 g/mol. The summed E-state index contributed by atoms with van der Waals surface area (Å²) in [7, 11) is 1.72. The predicted molar refractivity (Wildman–Crippen MR) is 81.7 cm³/mol. The molecule has 0 unspecified atom stereocenters. The zero-order valence-corrected chi connectivity index (χ0v) is 12.1. The highest BCUT2D eigenvalue weighted by Gasteiger charge is 2.17. The van der Waals surface area contributed by atoms with Gasteiger partial charge in [0.05, 0.1) is 12.2 Å². The Bertz CT molecular complexity index is 513. The number of ether oxygens (including phenoxy) is 1. The van der Waals surface area contributed by atoms with Crippen LogP contribution in [-0.2, 0) is 4.74 Å². The van der Waals surface area contributed by atoms with Crippen molar-refractivity contribution in [2.45, 2.75) is 6.92 Å². The zero-order chi connectivity index (χ0) is 13.7. The number of hydrogen-bond donors (Lipinski definition) is 1. The largest absolute Gasteiger partial charge is 0.383 e. The summed E-state index contributed by atoms with van der Waals surface area (Å²) in [5, 5.41) is 1.11. The summed E-state index contributed by atoms with van der Waals surface area (Å²) in [6.07, 6.45) is 0. The lowest BCUT2D eigenvalue weighted by atomic mass is 10.1. The number of nitrogens with zero attached hydrogens (tertiary/aromatic N) is 2. The molecule has 0 aliphatic rings. The Morgan fingerprint density at radius 3 is 2.68 bits per heavy atom. The SMILES string of the molecule is CCN(CCOC)c1snc(N)c1-c1ccccc1. The second kappa shape index (κ2) is 6.54. The summed E-state index contributed by atoms with van der Waals surface area (Å²) in [6, 6.07) is 10.2. The lowest BCUT2D eigenvalue weighted by Crippen LogP contribution is -2.26. The van der Waals surface area contributed by atoms with Crippen molar-refractivity contribution in [3.8, 4) is 11.1 Å². The summed E-state index contributed by atoms with van der Waals surface area (Å²) in [4.78, 5) is 2.25. The molecule has 0 saturated carbocycles. The van der Waals surface area contributed by atoms with Gasteiger partial charge in [-0.2, -0.15) is 4.37 Å². The van der Waals surface area contributed by atoms with Crippen LogP contribution in [0.3, 0.4) is 0 Å². The van der Waals surface area contributed by atoms with Crippen molar-refractivity contribution in [1.82, 2.24) is 4.37 Å². The van der Waals surface area contributed by atoms with E-state index in [4.69, 9.17) is 10.5 Å². The van der Waals surface area contributed by atoms with E-state index in [1.807, 2.05) is 18.2 Å². The van der Waals surface area contributed by atoms with Crippen molar-refractivity contribution in [1.29, 1.82) is 0 Å². The third-order valence-corrected chi connectivity index (χ3v) is 3.92. The van der Waals surface area contributed by atoms with Crippen molar-refractivity contribution in [3.05, 3.63) is 30.3 Å². The van der Waals surface area contributed by atoms with E-state index in [1.54, 1.807) is 7.11 Å². The van der Waals surface area contributed by atoms with E-state index in [9.17, 15) is 0 Å². The first-order chi connectivity index (χ1) is 9.27. The van der Waals surface area contributed by atoms with Crippen LogP contribution in [0.1, 0.15) is 6.92 Å². The van der Waals surface area contributed by atoms with Gasteiger partial charge in [-0.15, -0.1) is 0 Å². The summed E-state index contributed by atoms with van der Waals surface area (Å²) >= 11 is 1.45. The zero-order valence-electron chi connectivity index (χ0n) is 11.3. The number of nitrogen functional groups attached to an aromatic ring is 1. The van der Waals surface area contributed by atoms with Crippen molar-refractivity contribution in [2.24, 2.45) is 0 Å². The molecule has 1 aromatic heterocycles. The normalized spacial score (nSPS) is 10.6. The molecule has 0 amide bonds. The standard InChI is InChI=1S/C14H19N3OS/c1-3-17(9-10-18-2)14-12(13(15)16-19-14)11-7-5-4-6-8-11/h4-8H,3,9-10H2,1-2H3,(H2,15,16). The minimum absolute atomic E-state index is 0.599. The Hall–Kier alpha value is -1.59. The van der Waals surface area contributed by atoms with E-state index < -0.39 is 0 Å². The van der Waals surface area contributed by atoms with Crippen LogP contribution < -0.4 is 10.6 Å². The molecule has 0 saturated heterocycles. The van der Waals surface area contributed by atoms with Gasteiger partial charge < -0.3 is 15.4 Å². The number of likely N-dealkylation sites (N-methyl/N-ethyl adjacent to an activating group) is 1. The summed E-state index contributed by atoms with van der Waals surface area (Å²) in [5.41, 5.74) is 8.18. The minimum Gasteiger partial charge on any atom is -0.383 e. The van der Waals surface area contributed by atoms with Crippen LogP contribution in [0.15, 0.2) is 30.3 Å². The highest BCUT2D eigenvalue weighted by atomic mass is 32.1. The average molecular weight is 277 g/mol. The molecule has 5 heteroatoms. The molecule has 2 rings (SSSR count). The first-order valence-corrected chi connectivity index (χ1v) is 7.09. The van der Waals surface area contributed by atoms with Gasteiger partial charge in [-0.25, -0.2) is 0 Å². The van der Waals surface area contributed by atoms with Crippen molar-refractivity contribution >= 4 is 22.4 Å². The van der Waals surface area contributed by atoms with Crippen LogP contribution in [0.4, 0.5) is 10.8 Å². The maximum absolute atomic E-state index is 6.04. The maximum Gasteiger partial charge on any atom is 0.147 e. The fraction of sp³-hybridized carbons (Fsp3) is 0.357. The van der Waals surface area contributed by atoms with E-state index in [2.05, 4.69) is 28.3 Å². The van der Waals surface area contributed by atoms with E-state index >= 15 is 0 Å². The third-order valence-electron chi connectivity index (χ3n) is 3.00. The van der Waals surface area contributed by atoms with E-state index in [-0.39, 0.29) is 0 Å². The van der Waals surface area contributed by atoms with Gasteiger partial charge in [-0.3, -0.25) is 0 Å². The Morgan fingerprint density at radius 2 is 2.05 bits per heavy atom. The number of benzene rings is 1. The molecule has 0 radical (unpaired) electrons. The Morgan fingerprint density at radius 1 is 1.32 bits per heavy atom.